The van der Waals surface area contributed by atoms with E-state index in [1.165, 1.54) is 141 Å². The van der Waals surface area contributed by atoms with Crippen LogP contribution in [-0.4, -0.2) is 57.3 Å². The molecule has 276 valence electrons. The molecule has 46 heavy (non-hydrogen) atoms. The Morgan fingerprint density at radius 1 is 0.500 bits per heavy atom. The molecule has 0 rings (SSSR count). The molecule has 0 aliphatic carbocycles. The summed E-state index contributed by atoms with van der Waals surface area (Å²) in [6.07, 6.45) is 32.8. The molecule has 4 unspecified atom stereocenters. The topological polar surface area (TPSA) is 110 Å². The highest BCUT2D eigenvalue weighted by molar-refractivity contribution is 5.80. The van der Waals surface area contributed by atoms with Gasteiger partial charge in [0.15, 0.2) is 0 Å². The summed E-state index contributed by atoms with van der Waals surface area (Å²) in [5.74, 6) is 0.275. The van der Waals surface area contributed by atoms with Crippen LogP contribution < -0.4 is 5.32 Å². The zero-order valence-corrected chi connectivity index (χ0v) is 31.0. The van der Waals surface area contributed by atoms with Crippen molar-refractivity contribution < 1.29 is 25.2 Å². The van der Waals surface area contributed by atoms with Crippen LogP contribution in [0.3, 0.4) is 0 Å². The number of nitrogens with one attached hydrogen (secondary N) is 1. The molecule has 0 saturated carbocycles. The lowest BCUT2D eigenvalue weighted by Gasteiger charge is -2.27. The number of unbranched alkanes of at least 4 members (excludes halogenated alkanes) is 25. The van der Waals surface area contributed by atoms with E-state index in [0.29, 0.717) is 12.8 Å². The van der Waals surface area contributed by atoms with Crippen molar-refractivity contribution in [3.63, 3.8) is 0 Å². The summed E-state index contributed by atoms with van der Waals surface area (Å²) in [6.45, 7) is 6.38. The Morgan fingerprint density at radius 2 is 0.826 bits per heavy atom. The van der Waals surface area contributed by atoms with Gasteiger partial charge in [0.2, 0.25) is 5.91 Å². The van der Waals surface area contributed by atoms with E-state index in [1.807, 2.05) is 0 Å². The van der Waals surface area contributed by atoms with Gasteiger partial charge in [-0.1, -0.05) is 201 Å². The number of aliphatic hydroxyl groups excluding tert-OH is 4. The number of amides is 1. The number of carbonyl (C=O) groups is 1. The molecule has 0 saturated heterocycles. The fourth-order valence-electron chi connectivity index (χ4n) is 6.47. The number of hydrogen-bond donors (Lipinski definition) is 5. The van der Waals surface area contributed by atoms with Crippen molar-refractivity contribution in [2.24, 2.45) is 5.92 Å². The van der Waals surface area contributed by atoms with Crippen LogP contribution in [0, 0.1) is 5.92 Å². The third-order valence-corrected chi connectivity index (χ3v) is 9.75. The van der Waals surface area contributed by atoms with Gasteiger partial charge >= 0.3 is 0 Å². The highest BCUT2D eigenvalue weighted by Gasteiger charge is 2.28. The van der Waals surface area contributed by atoms with Crippen LogP contribution in [0.2, 0.25) is 0 Å². The van der Waals surface area contributed by atoms with Crippen molar-refractivity contribution in [3.8, 4) is 0 Å². The first-order chi connectivity index (χ1) is 22.3. The number of hydrogen-bond acceptors (Lipinski definition) is 5. The summed E-state index contributed by atoms with van der Waals surface area (Å²) in [6, 6.07) is -0.977. The van der Waals surface area contributed by atoms with Crippen molar-refractivity contribution >= 4 is 5.91 Å². The number of aliphatic hydroxyl groups is 4. The van der Waals surface area contributed by atoms with E-state index in [9.17, 15) is 25.2 Å². The molecular weight excluding hydrogens is 574 g/mol. The normalized spacial score (nSPS) is 14.4. The van der Waals surface area contributed by atoms with E-state index in [4.69, 9.17) is 0 Å². The van der Waals surface area contributed by atoms with Crippen molar-refractivity contribution in [2.45, 2.75) is 238 Å². The Hall–Kier alpha value is -0.690. The van der Waals surface area contributed by atoms with Crippen LogP contribution in [0.5, 0.6) is 0 Å². The fraction of sp³-hybridized carbons (Fsp3) is 0.975. The summed E-state index contributed by atoms with van der Waals surface area (Å²) in [4.78, 5) is 12.4. The summed E-state index contributed by atoms with van der Waals surface area (Å²) in [5, 5.41) is 43.4. The molecule has 0 radical (unpaired) electrons. The zero-order valence-electron chi connectivity index (χ0n) is 31.0. The lowest BCUT2D eigenvalue weighted by atomic mass is 9.99. The van der Waals surface area contributed by atoms with Gasteiger partial charge in [-0.25, -0.2) is 0 Å². The van der Waals surface area contributed by atoms with Crippen molar-refractivity contribution in [2.75, 3.05) is 6.61 Å². The second-order valence-electron chi connectivity index (χ2n) is 14.8. The number of rotatable bonds is 36. The lowest BCUT2D eigenvalue weighted by molar-refractivity contribution is -0.132. The first-order valence-electron chi connectivity index (χ1n) is 20.3. The van der Waals surface area contributed by atoms with E-state index >= 15 is 0 Å². The van der Waals surface area contributed by atoms with Gasteiger partial charge in [-0.15, -0.1) is 0 Å². The second kappa shape index (κ2) is 34.2. The van der Waals surface area contributed by atoms with Gasteiger partial charge in [-0.3, -0.25) is 4.79 Å². The number of carbonyl (C=O) groups excluding carboxylic acids is 1. The molecule has 0 aromatic carbocycles. The van der Waals surface area contributed by atoms with E-state index in [-0.39, 0.29) is 0 Å². The Kier molecular flexibility index (Phi) is 33.7. The highest BCUT2D eigenvalue weighted by atomic mass is 16.3. The molecule has 6 heteroatoms. The predicted octanol–water partition coefficient (Wildman–Crippen LogP) is 9.93. The van der Waals surface area contributed by atoms with Gasteiger partial charge in [-0.05, 0) is 18.8 Å². The molecule has 0 bridgehead atoms. The van der Waals surface area contributed by atoms with Crippen LogP contribution in [0.1, 0.15) is 213 Å². The zero-order chi connectivity index (χ0) is 34.1. The first-order valence-corrected chi connectivity index (χ1v) is 20.3. The molecule has 0 fully saturated rings. The monoisotopic (exact) mass is 656 g/mol. The van der Waals surface area contributed by atoms with Crippen LogP contribution in [0.4, 0.5) is 0 Å². The quantitative estimate of drug-likeness (QED) is 0.0432. The van der Waals surface area contributed by atoms with Gasteiger partial charge in [0.05, 0.1) is 18.8 Å². The van der Waals surface area contributed by atoms with E-state index < -0.39 is 36.9 Å². The maximum absolute atomic E-state index is 12.4. The molecule has 0 spiro atoms. The molecule has 0 aromatic rings. The van der Waals surface area contributed by atoms with Gasteiger partial charge in [0.25, 0.3) is 0 Å². The van der Waals surface area contributed by atoms with Crippen LogP contribution >= 0.6 is 0 Å². The van der Waals surface area contributed by atoms with E-state index in [1.54, 1.807) is 0 Å². The smallest absolute Gasteiger partial charge is 0.249 e. The summed E-state index contributed by atoms with van der Waals surface area (Å²) >= 11 is 0. The second-order valence-corrected chi connectivity index (χ2v) is 14.8. The van der Waals surface area contributed by atoms with Crippen molar-refractivity contribution in [1.29, 1.82) is 0 Å². The maximum Gasteiger partial charge on any atom is 0.249 e. The molecule has 0 heterocycles. The van der Waals surface area contributed by atoms with Crippen LogP contribution in [0.25, 0.3) is 0 Å². The van der Waals surface area contributed by atoms with E-state index in [0.717, 1.165) is 44.4 Å². The average Bonchev–Trinajstić information content (AvgIpc) is 3.04. The Bertz CT molecular complexity index is 631. The minimum Gasteiger partial charge on any atom is -0.394 e. The SMILES string of the molecule is CCCCCCCCCCCC(O)C(O)C(CO)NC(=O)C(O)CCCCCCCCCCCCCCCCCCCCC(C)C. The van der Waals surface area contributed by atoms with Gasteiger partial charge in [0, 0.05) is 0 Å². The molecule has 0 aliphatic heterocycles. The highest BCUT2D eigenvalue weighted by Crippen LogP contribution is 2.17. The first kappa shape index (κ1) is 45.3. The predicted molar refractivity (Wildman–Crippen MR) is 196 cm³/mol. The average molecular weight is 656 g/mol. The minimum atomic E-state index is -1.25. The third kappa shape index (κ3) is 29.4. The fourth-order valence-corrected chi connectivity index (χ4v) is 6.47. The molecule has 5 N–H and O–H groups in total. The molecular formula is C40H81NO5. The standard InChI is InChI=1S/C40H81NO5/c1-4-5-6-7-8-19-23-26-29-32-37(43)39(45)36(34-42)41-40(46)38(44)33-30-27-24-21-18-16-14-12-10-9-11-13-15-17-20-22-25-28-31-35(2)3/h35-39,42-45H,4-34H2,1-3H3,(H,41,46). The Labute approximate surface area is 286 Å². The van der Waals surface area contributed by atoms with Gasteiger partial charge < -0.3 is 25.7 Å². The summed E-state index contributed by atoms with van der Waals surface area (Å²) in [7, 11) is 0. The molecule has 0 aliphatic rings. The lowest BCUT2D eigenvalue weighted by Crippen LogP contribution is -2.53. The maximum atomic E-state index is 12.4. The van der Waals surface area contributed by atoms with Crippen molar-refractivity contribution in [3.05, 3.63) is 0 Å². The molecule has 0 aromatic heterocycles. The van der Waals surface area contributed by atoms with Crippen molar-refractivity contribution in [1.82, 2.24) is 5.32 Å². The Morgan fingerprint density at radius 3 is 1.17 bits per heavy atom. The molecule has 1 amide bonds. The minimum absolute atomic E-state index is 0.374. The van der Waals surface area contributed by atoms with Gasteiger partial charge in [0.1, 0.15) is 12.2 Å². The van der Waals surface area contributed by atoms with Crippen LogP contribution in [-0.2, 0) is 4.79 Å². The largest absolute Gasteiger partial charge is 0.394 e. The van der Waals surface area contributed by atoms with Crippen LogP contribution in [0.15, 0.2) is 0 Å². The van der Waals surface area contributed by atoms with E-state index in [2.05, 4.69) is 26.1 Å². The summed E-state index contributed by atoms with van der Waals surface area (Å²) < 4.78 is 0. The summed E-state index contributed by atoms with van der Waals surface area (Å²) in [5.41, 5.74) is 0. The van der Waals surface area contributed by atoms with Gasteiger partial charge in [-0.2, -0.15) is 0 Å². The molecule has 4 atom stereocenters. The Balaban J connectivity index is 3.66. The molecule has 6 nitrogen and oxygen atoms in total. The third-order valence-electron chi connectivity index (χ3n) is 9.75.